The highest BCUT2D eigenvalue weighted by atomic mass is 32.2. The predicted octanol–water partition coefficient (Wildman–Crippen LogP) is 3.95. The second kappa shape index (κ2) is 6.87. The van der Waals surface area contributed by atoms with Crippen LogP contribution in [0.4, 0.5) is 0 Å². The lowest BCUT2D eigenvalue weighted by Gasteiger charge is -2.23. The number of hydrogen-bond donors (Lipinski definition) is 0. The normalized spacial score (nSPS) is 18.1. The summed E-state index contributed by atoms with van der Waals surface area (Å²) in [5, 5.41) is 6.04. The fourth-order valence-corrected chi connectivity index (χ4v) is 4.81. The van der Waals surface area contributed by atoms with Crippen LogP contribution in [0.1, 0.15) is 40.8 Å². The quantitative estimate of drug-likeness (QED) is 0.829. The van der Waals surface area contributed by atoms with Gasteiger partial charge in [-0.25, -0.2) is 0 Å². The molecule has 4 nitrogen and oxygen atoms in total. The van der Waals surface area contributed by atoms with Crippen LogP contribution >= 0.6 is 23.1 Å². The first-order valence-corrected chi connectivity index (χ1v) is 9.52. The van der Waals surface area contributed by atoms with Crippen LogP contribution in [0, 0.1) is 13.8 Å². The summed E-state index contributed by atoms with van der Waals surface area (Å²) in [6, 6.07) is 4.48. The van der Waals surface area contributed by atoms with E-state index in [0.29, 0.717) is 5.75 Å². The number of carbonyl (C=O) groups is 1. The van der Waals surface area contributed by atoms with Gasteiger partial charge in [0.1, 0.15) is 5.76 Å². The monoisotopic (exact) mass is 336 g/mol. The predicted molar refractivity (Wildman–Crippen MR) is 90.1 cm³/mol. The molecule has 1 amide bonds. The van der Waals surface area contributed by atoms with Crippen molar-refractivity contribution in [2.45, 2.75) is 38.5 Å². The molecule has 1 aliphatic rings. The minimum absolute atomic E-state index is 0.243. The number of rotatable bonds is 5. The number of carbonyl (C=O) groups excluding carboxylic acids is 1. The Bertz CT molecular complexity index is 617. The molecule has 2 aromatic rings. The van der Waals surface area contributed by atoms with Gasteiger partial charge in [0.05, 0.1) is 17.5 Å². The molecule has 0 aromatic carbocycles. The van der Waals surface area contributed by atoms with E-state index in [2.05, 4.69) is 22.7 Å². The highest BCUT2D eigenvalue weighted by Gasteiger charge is 2.30. The summed E-state index contributed by atoms with van der Waals surface area (Å²) >= 11 is 3.39. The number of nitrogens with zero attached hydrogens (tertiary/aromatic N) is 2. The number of thioether (sulfide) groups is 1. The van der Waals surface area contributed by atoms with Crippen LogP contribution in [0.25, 0.3) is 0 Å². The Morgan fingerprint density at radius 2 is 2.41 bits per heavy atom. The van der Waals surface area contributed by atoms with Crippen LogP contribution in [-0.4, -0.2) is 28.3 Å². The molecule has 0 bridgehead atoms. The van der Waals surface area contributed by atoms with E-state index in [4.69, 9.17) is 4.52 Å². The standard InChI is InChI=1S/C16H20N2O2S2/c1-11-13(12(2)20-17-11)9-21-10-16(19)18-7-3-5-14(18)15-6-4-8-22-15/h4,6,8,14H,3,5,7,9-10H2,1-2H3. The summed E-state index contributed by atoms with van der Waals surface area (Å²) in [4.78, 5) is 15.9. The molecule has 0 radical (unpaired) electrons. The average Bonchev–Trinajstić information content (AvgIpc) is 3.22. The number of aromatic nitrogens is 1. The molecule has 22 heavy (non-hydrogen) atoms. The van der Waals surface area contributed by atoms with Crippen molar-refractivity contribution in [2.75, 3.05) is 12.3 Å². The van der Waals surface area contributed by atoms with Crippen molar-refractivity contribution in [2.24, 2.45) is 0 Å². The van der Waals surface area contributed by atoms with Gasteiger partial charge in [-0.1, -0.05) is 11.2 Å². The van der Waals surface area contributed by atoms with Gasteiger partial charge < -0.3 is 9.42 Å². The van der Waals surface area contributed by atoms with Gasteiger partial charge in [0.25, 0.3) is 0 Å². The lowest BCUT2D eigenvalue weighted by Crippen LogP contribution is -2.31. The van der Waals surface area contributed by atoms with Crippen molar-refractivity contribution in [3.63, 3.8) is 0 Å². The summed E-state index contributed by atoms with van der Waals surface area (Å²) < 4.78 is 5.16. The van der Waals surface area contributed by atoms with Gasteiger partial charge in [0.15, 0.2) is 0 Å². The van der Waals surface area contributed by atoms with Crippen molar-refractivity contribution in [1.82, 2.24) is 10.1 Å². The van der Waals surface area contributed by atoms with Crippen LogP contribution in [0.3, 0.4) is 0 Å². The van der Waals surface area contributed by atoms with E-state index in [1.165, 1.54) is 4.88 Å². The van der Waals surface area contributed by atoms with E-state index in [1.54, 1.807) is 23.1 Å². The molecule has 0 saturated carbocycles. The Hall–Kier alpha value is -1.27. The summed E-state index contributed by atoms with van der Waals surface area (Å²) in [6.45, 7) is 4.75. The maximum atomic E-state index is 12.5. The summed E-state index contributed by atoms with van der Waals surface area (Å²) in [5.74, 6) is 2.40. The van der Waals surface area contributed by atoms with E-state index >= 15 is 0 Å². The van der Waals surface area contributed by atoms with Crippen molar-refractivity contribution in [3.05, 3.63) is 39.4 Å². The first-order valence-electron chi connectivity index (χ1n) is 7.49. The van der Waals surface area contributed by atoms with Crippen molar-refractivity contribution >= 4 is 29.0 Å². The zero-order chi connectivity index (χ0) is 15.5. The summed E-state index contributed by atoms with van der Waals surface area (Å²) in [5.41, 5.74) is 2.05. The molecule has 1 unspecified atom stereocenters. The van der Waals surface area contributed by atoms with E-state index in [9.17, 15) is 4.79 Å². The van der Waals surface area contributed by atoms with Crippen LogP contribution in [0.5, 0.6) is 0 Å². The van der Waals surface area contributed by atoms with E-state index in [0.717, 1.165) is 42.2 Å². The number of thiophene rings is 1. The highest BCUT2D eigenvalue weighted by Crippen LogP contribution is 2.35. The Kier molecular flexibility index (Phi) is 4.88. The highest BCUT2D eigenvalue weighted by molar-refractivity contribution is 7.99. The Morgan fingerprint density at radius 3 is 3.09 bits per heavy atom. The molecule has 0 spiro atoms. The Balaban J connectivity index is 1.56. The maximum Gasteiger partial charge on any atom is 0.233 e. The van der Waals surface area contributed by atoms with Gasteiger partial charge >= 0.3 is 0 Å². The molecule has 2 aromatic heterocycles. The molecule has 1 fully saturated rings. The Labute approximate surface area is 138 Å². The second-order valence-corrected chi connectivity index (χ2v) is 7.52. The van der Waals surface area contributed by atoms with Gasteiger partial charge in [-0.15, -0.1) is 23.1 Å². The topological polar surface area (TPSA) is 46.3 Å². The molecule has 1 saturated heterocycles. The van der Waals surface area contributed by atoms with Gasteiger partial charge in [0.2, 0.25) is 5.91 Å². The first-order chi connectivity index (χ1) is 10.7. The fourth-order valence-electron chi connectivity index (χ4n) is 2.87. The molecule has 6 heteroatoms. The Morgan fingerprint density at radius 1 is 1.55 bits per heavy atom. The lowest BCUT2D eigenvalue weighted by atomic mass is 10.2. The molecular weight excluding hydrogens is 316 g/mol. The van der Waals surface area contributed by atoms with Crippen LogP contribution in [-0.2, 0) is 10.5 Å². The van der Waals surface area contributed by atoms with E-state index < -0.39 is 0 Å². The van der Waals surface area contributed by atoms with E-state index in [-0.39, 0.29) is 11.9 Å². The molecule has 3 heterocycles. The van der Waals surface area contributed by atoms with Crippen molar-refractivity contribution in [1.29, 1.82) is 0 Å². The zero-order valence-corrected chi connectivity index (χ0v) is 14.5. The molecule has 3 rings (SSSR count). The van der Waals surface area contributed by atoms with Gasteiger partial charge in [-0.3, -0.25) is 4.79 Å². The summed E-state index contributed by atoms with van der Waals surface area (Å²) in [6.07, 6.45) is 2.18. The number of amides is 1. The molecule has 1 aliphatic heterocycles. The first kappa shape index (κ1) is 15.6. The second-order valence-electron chi connectivity index (χ2n) is 5.56. The largest absolute Gasteiger partial charge is 0.361 e. The third-order valence-electron chi connectivity index (χ3n) is 4.10. The van der Waals surface area contributed by atoms with Crippen LogP contribution in [0.2, 0.25) is 0 Å². The smallest absolute Gasteiger partial charge is 0.233 e. The minimum atomic E-state index is 0.243. The molecule has 1 atom stereocenters. The molecule has 118 valence electrons. The van der Waals surface area contributed by atoms with E-state index in [1.807, 2.05) is 18.7 Å². The summed E-state index contributed by atoms with van der Waals surface area (Å²) in [7, 11) is 0. The maximum absolute atomic E-state index is 12.5. The van der Waals surface area contributed by atoms with Gasteiger partial charge in [0, 0.05) is 22.7 Å². The average molecular weight is 336 g/mol. The zero-order valence-electron chi connectivity index (χ0n) is 12.9. The third-order valence-corrected chi connectivity index (χ3v) is 6.02. The molecule has 0 aliphatic carbocycles. The van der Waals surface area contributed by atoms with Crippen LogP contribution < -0.4 is 0 Å². The van der Waals surface area contributed by atoms with Crippen molar-refractivity contribution in [3.8, 4) is 0 Å². The number of hydrogen-bond acceptors (Lipinski definition) is 5. The minimum Gasteiger partial charge on any atom is -0.361 e. The molecular formula is C16H20N2O2S2. The third kappa shape index (κ3) is 3.22. The van der Waals surface area contributed by atoms with Gasteiger partial charge in [-0.2, -0.15) is 0 Å². The number of likely N-dealkylation sites (tertiary alicyclic amines) is 1. The van der Waals surface area contributed by atoms with Crippen molar-refractivity contribution < 1.29 is 9.32 Å². The van der Waals surface area contributed by atoms with Gasteiger partial charge in [-0.05, 0) is 38.1 Å². The number of aryl methyl sites for hydroxylation is 2. The SMILES string of the molecule is Cc1noc(C)c1CSCC(=O)N1CCCC1c1cccs1. The lowest BCUT2D eigenvalue weighted by molar-refractivity contribution is -0.129. The van der Waals surface area contributed by atoms with Crippen LogP contribution in [0.15, 0.2) is 22.0 Å². The molecule has 0 N–H and O–H groups in total. The fraction of sp³-hybridized carbons (Fsp3) is 0.500.